The van der Waals surface area contributed by atoms with E-state index in [1.165, 1.54) is 6.92 Å². The van der Waals surface area contributed by atoms with Gasteiger partial charge < -0.3 is 33.7 Å². The predicted octanol–water partition coefficient (Wildman–Crippen LogP) is 4.70. The third kappa shape index (κ3) is 7.44. The molecule has 0 aliphatic carbocycles. The number of esters is 1. The zero-order valence-electron chi connectivity index (χ0n) is 22.5. The van der Waals surface area contributed by atoms with Crippen LogP contribution in [-0.2, 0) is 14.3 Å². The van der Waals surface area contributed by atoms with Crippen LogP contribution in [-0.4, -0.2) is 58.2 Å². The van der Waals surface area contributed by atoms with Crippen LogP contribution in [0, 0.1) is 0 Å². The maximum Gasteiger partial charge on any atom is 0.408 e. The van der Waals surface area contributed by atoms with E-state index in [2.05, 4.69) is 5.32 Å². The molecule has 2 aromatic rings. The molecule has 2 rings (SSSR count). The number of ether oxygens (including phenoxy) is 6. The number of hydrogen-bond acceptors (Lipinski definition) is 8. The van der Waals surface area contributed by atoms with Crippen LogP contribution in [0.25, 0.3) is 0 Å². The smallest absolute Gasteiger partial charge is 0.408 e. The van der Waals surface area contributed by atoms with Crippen LogP contribution in [0.5, 0.6) is 23.0 Å². The highest BCUT2D eigenvalue weighted by atomic mass is 16.6. The number of amides is 1. The summed E-state index contributed by atoms with van der Waals surface area (Å²) in [6.45, 7) is 8.54. The molecule has 198 valence electrons. The summed E-state index contributed by atoms with van der Waals surface area (Å²) in [7, 11) is 6.26. The average molecular weight is 504 g/mol. The van der Waals surface area contributed by atoms with Crippen molar-refractivity contribution >= 4 is 12.1 Å². The summed E-state index contributed by atoms with van der Waals surface area (Å²) in [6.07, 6.45) is -1.38. The summed E-state index contributed by atoms with van der Waals surface area (Å²) < 4.78 is 33.1. The predicted molar refractivity (Wildman–Crippen MR) is 135 cm³/mol. The van der Waals surface area contributed by atoms with Crippen molar-refractivity contribution in [2.45, 2.75) is 58.3 Å². The van der Waals surface area contributed by atoms with Gasteiger partial charge in [-0.2, -0.15) is 0 Å². The van der Waals surface area contributed by atoms with Gasteiger partial charge in [-0.15, -0.1) is 0 Å². The largest absolute Gasteiger partial charge is 0.497 e. The molecule has 0 radical (unpaired) electrons. The number of rotatable bonds is 10. The molecule has 9 heteroatoms. The lowest BCUT2D eigenvalue weighted by Crippen LogP contribution is -2.43. The van der Waals surface area contributed by atoms with Gasteiger partial charge in [-0.05, 0) is 46.8 Å². The highest BCUT2D eigenvalue weighted by Gasteiger charge is 2.32. The van der Waals surface area contributed by atoms with Gasteiger partial charge in [0.05, 0.1) is 34.4 Å². The zero-order valence-corrected chi connectivity index (χ0v) is 22.5. The molecule has 2 aromatic carbocycles. The maximum atomic E-state index is 12.9. The minimum absolute atomic E-state index is 0.482. The van der Waals surface area contributed by atoms with E-state index in [9.17, 15) is 9.59 Å². The third-order valence-electron chi connectivity index (χ3n) is 5.41. The molecule has 1 amide bonds. The van der Waals surface area contributed by atoms with Crippen molar-refractivity contribution in [1.29, 1.82) is 0 Å². The van der Waals surface area contributed by atoms with Crippen LogP contribution >= 0.6 is 0 Å². The Balaban J connectivity index is 2.43. The van der Waals surface area contributed by atoms with Crippen LogP contribution in [0.2, 0.25) is 0 Å². The molecule has 0 spiro atoms. The Morgan fingerprint density at radius 3 is 1.64 bits per heavy atom. The van der Waals surface area contributed by atoms with E-state index >= 15 is 0 Å². The molecule has 1 N–H and O–H groups in total. The van der Waals surface area contributed by atoms with E-state index in [1.807, 2.05) is 24.3 Å². The fourth-order valence-corrected chi connectivity index (χ4v) is 3.72. The minimum Gasteiger partial charge on any atom is -0.497 e. The van der Waals surface area contributed by atoms with Crippen molar-refractivity contribution in [2.75, 3.05) is 28.4 Å². The van der Waals surface area contributed by atoms with Crippen LogP contribution in [0.15, 0.2) is 36.4 Å². The molecule has 0 heterocycles. The Bertz CT molecular complexity index is 991. The number of hydrogen-bond donors (Lipinski definition) is 1. The third-order valence-corrected chi connectivity index (χ3v) is 5.41. The van der Waals surface area contributed by atoms with Gasteiger partial charge in [0.1, 0.15) is 40.7 Å². The first-order valence-electron chi connectivity index (χ1n) is 11.6. The lowest BCUT2D eigenvalue weighted by Gasteiger charge is -2.29. The molecule has 2 atom stereocenters. The molecule has 0 saturated heterocycles. The summed E-state index contributed by atoms with van der Waals surface area (Å²) >= 11 is 0. The molecular weight excluding hydrogens is 466 g/mol. The molecule has 0 saturated carbocycles. The molecule has 36 heavy (non-hydrogen) atoms. The van der Waals surface area contributed by atoms with E-state index in [-0.39, 0.29) is 0 Å². The Kier molecular flexibility index (Phi) is 9.84. The Hall–Kier alpha value is -3.62. The van der Waals surface area contributed by atoms with Crippen molar-refractivity contribution in [3.05, 3.63) is 47.5 Å². The normalized spacial score (nSPS) is 12.8. The van der Waals surface area contributed by atoms with Gasteiger partial charge in [0, 0.05) is 23.3 Å². The Labute approximate surface area is 213 Å². The second-order valence-electron chi connectivity index (χ2n) is 9.20. The van der Waals surface area contributed by atoms with Gasteiger partial charge in [0.25, 0.3) is 0 Å². The van der Waals surface area contributed by atoms with E-state index in [0.29, 0.717) is 23.0 Å². The van der Waals surface area contributed by atoms with Gasteiger partial charge in [-0.1, -0.05) is 12.1 Å². The van der Waals surface area contributed by atoms with Crippen molar-refractivity contribution in [2.24, 2.45) is 0 Å². The quantitative estimate of drug-likeness (QED) is 0.466. The van der Waals surface area contributed by atoms with Crippen LogP contribution in [0.4, 0.5) is 4.79 Å². The lowest BCUT2D eigenvalue weighted by molar-refractivity contribution is -0.151. The standard InChI is InChI=1S/C27H37NO8/c1-16(28-26(30)36-27(3,4)5)25(29)35-17(2)24(20-12-10-18(31-6)14-22(20)33-8)21-13-11-19(32-7)15-23(21)34-9/h10-17,24H,1-9H3,(H,28,30)/t16-,17-/m0/s1. The first kappa shape index (κ1) is 28.6. The molecule has 0 aliphatic heterocycles. The van der Waals surface area contributed by atoms with E-state index < -0.39 is 35.7 Å². The monoisotopic (exact) mass is 503 g/mol. The summed E-state index contributed by atoms with van der Waals surface area (Å²) in [5, 5.41) is 2.52. The lowest BCUT2D eigenvalue weighted by atomic mass is 9.85. The van der Waals surface area contributed by atoms with Gasteiger partial charge >= 0.3 is 12.1 Å². The summed E-state index contributed by atoms with van der Waals surface area (Å²) in [5.74, 6) is 1.26. The van der Waals surface area contributed by atoms with Crippen molar-refractivity contribution in [3.63, 3.8) is 0 Å². The fraction of sp³-hybridized carbons (Fsp3) is 0.481. The first-order valence-corrected chi connectivity index (χ1v) is 11.6. The number of benzene rings is 2. The topological polar surface area (TPSA) is 102 Å². The highest BCUT2D eigenvalue weighted by Crippen LogP contribution is 2.42. The number of carbonyl (C=O) groups is 2. The van der Waals surface area contributed by atoms with Gasteiger partial charge in [0.15, 0.2) is 0 Å². The molecule has 0 unspecified atom stereocenters. The van der Waals surface area contributed by atoms with Crippen molar-refractivity contribution in [3.8, 4) is 23.0 Å². The van der Waals surface area contributed by atoms with Crippen LogP contribution in [0.3, 0.4) is 0 Å². The highest BCUT2D eigenvalue weighted by molar-refractivity contribution is 5.81. The molecule has 0 aliphatic rings. The van der Waals surface area contributed by atoms with E-state index in [4.69, 9.17) is 28.4 Å². The first-order chi connectivity index (χ1) is 16.9. The summed E-state index contributed by atoms with van der Waals surface area (Å²) in [5.41, 5.74) is 0.826. The van der Waals surface area contributed by atoms with E-state index in [0.717, 1.165) is 11.1 Å². The fourth-order valence-electron chi connectivity index (χ4n) is 3.72. The maximum absolute atomic E-state index is 12.9. The average Bonchev–Trinajstić information content (AvgIpc) is 2.83. The van der Waals surface area contributed by atoms with Crippen LogP contribution < -0.4 is 24.3 Å². The number of nitrogens with one attached hydrogen (secondary N) is 1. The van der Waals surface area contributed by atoms with E-state index in [1.54, 1.807) is 68.3 Å². The molecule has 0 bridgehead atoms. The molecule has 0 fully saturated rings. The summed E-state index contributed by atoms with van der Waals surface area (Å²) in [4.78, 5) is 25.1. The van der Waals surface area contributed by atoms with Crippen LogP contribution in [0.1, 0.15) is 51.7 Å². The summed E-state index contributed by atoms with van der Waals surface area (Å²) in [6, 6.07) is 9.93. The van der Waals surface area contributed by atoms with Gasteiger partial charge in [-0.25, -0.2) is 9.59 Å². The van der Waals surface area contributed by atoms with Crippen molar-refractivity contribution < 1.29 is 38.0 Å². The molecule has 0 aromatic heterocycles. The Morgan fingerprint density at radius 1 is 0.778 bits per heavy atom. The minimum atomic E-state index is -0.932. The Morgan fingerprint density at radius 2 is 1.25 bits per heavy atom. The second kappa shape index (κ2) is 12.4. The van der Waals surface area contributed by atoms with Gasteiger partial charge in [0.2, 0.25) is 0 Å². The van der Waals surface area contributed by atoms with Gasteiger partial charge in [-0.3, -0.25) is 0 Å². The number of methoxy groups -OCH3 is 4. The zero-order chi connectivity index (χ0) is 27.0. The molecule has 9 nitrogen and oxygen atoms in total. The molecular formula is C27H37NO8. The number of alkyl carbamates (subject to hydrolysis) is 1. The number of carbonyl (C=O) groups excluding carboxylic acids is 2. The SMILES string of the molecule is COc1ccc(C(c2ccc(OC)cc2OC)[C@H](C)OC(=O)[C@H](C)NC(=O)OC(C)(C)C)c(OC)c1. The van der Waals surface area contributed by atoms with Crippen molar-refractivity contribution in [1.82, 2.24) is 5.32 Å². The second-order valence-corrected chi connectivity index (χ2v) is 9.20.